The van der Waals surface area contributed by atoms with Crippen LogP contribution < -0.4 is 15.4 Å². The Kier molecular flexibility index (Phi) is 9.85. The largest absolute Gasteiger partial charge is 0.491 e. The first-order chi connectivity index (χ1) is 16.5. The predicted molar refractivity (Wildman–Crippen MR) is 136 cm³/mol. The highest BCUT2D eigenvalue weighted by Crippen LogP contribution is 2.30. The fraction of sp³-hybridized carbons (Fsp3) is 0.500. The number of carbonyl (C=O) groups is 1. The van der Waals surface area contributed by atoms with E-state index in [1.54, 1.807) is 14.0 Å². The van der Waals surface area contributed by atoms with Gasteiger partial charge in [0.15, 0.2) is 5.82 Å². The smallest absolute Gasteiger partial charge is 0.219 e. The molecule has 0 spiro atoms. The number of amides is 1. The number of hydrogen-bond acceptors (Lipinski definition) is 7. The molecule has 0 aliphatic heterocycles. The molecule has 2 aromatic rings. The second-order valence-corrected chi connectivity index (χ2v) is 8.51. The van der Waals surface area contributed by atoms with E-state index in [9.17, 15) is 9.90 Å². The molecule has 0 bridgehead atoms. The van der Waals surface area contributed by atoms with Crippen molar-refractivity contribution in [1.82, 2.24) is 20.2 Å². The highest BCUT2D eigenvalue weighted by molar-refractivity contribution is 5.73. The average Bonchev–Trinajstić information content (AvgIpc) is 3.38. The molecule has 1 aliphatic carbocycles. The lowest BCUT2D eigenvalue weighted by atomic mass is 10.1. The number of aromatic nitrogens is 2. The number of allylic oxidation sites excluding steroid dienone is 2. The number of likely N-dealkylation sites (N-methyl/N-ethyl adjacent to an activating group) is 1. The lowest BCUT2D eigenvalue weighted by Gasteiger charge is -2.19. The maximum absolute atomic E-state index is 11.6. The van der Waals surface area contributed by atoms with E-state index in [0.717, 1.165) is 49.3 Å². The Labute approximate surface area is 202 Å². The SMILES string of the molecule is CCN(CCCNc1cc(C2=CCCC2)nc(-c2cccc(OCC(O)CNC)c2)n1)C(C)=O. The van der Waals surface area contributed by atoms with Crippen LogP contribution in [0.2, 0.25) is 0 Å². The van der Waals surface area contributed by atoms with Crippen LogP contribution in [0.25, 0.3) is 17.0 Å². The van der Waals surface area contributed by atoms with E-state index in [4.69, 9.17) is 14.7 Å². The molecule has 3 rings (SSSR count). The quantitative estimate of drug-likeness (QED) is 0.389. The molecule has 1 amide bonds. The van der Waals surface area contributed by atoms with Gasteiger partial charge >= 0.3 is 0 Å². The zero-order valence-electron chi connectivity index (χ0n) is 20.5. The molecule has 34 heavy (non-hydrogen) atoms. The van der Waals surface area contributed by atoms with Crippen molar-refractivity contribution in [2.24, 2.45) is 0 Å². The van der Waals surface area contributed by atoms with E-state index >= 15 is 0 Å². The summed E-state index contributed by atoms with van der Waals surface area (Å²) in [4.78, 5) is 23.1. The summed E-state index contributed by atoms with van der Waals surface area (Å²) in [6, 6.07) is 9.66. The number of ether oxygens (including phenoxy) is 1. The van der Waals surface area contributed by atoms with Crippen LogP contribution in [0.3, 0.4) is 0 Å². The maximum Gasteiger partial charge on any atom is 0.219 e. The second-order valence-electron chi connectivity index (χ2n) is 8.51. The maximum atomic E-state index is 11.6. The summed E-state index contributed by atoms with van der Waals surface area (Å²) in [5, 5.41) is 16.3. The van der Waals surface area contributed by atoms with Gasteiger partial charge < -0.3 is 25.4 Å². The third kappa shape index (κ3) is 7.53. The first-order valence-electron chi connectivity index (χ1n) is 12.1. The van der Waals surface area contributed by atoms with Gasteiger partial charge in [-0.15, -0.1) is 0 Å². The molecule has 1 unspecified atom stereocenters. The topological polar surface area (TPSA) is 99.6 Å². The van der Waals surface area contributed by atoms with Crippen LogP contribution >= 0.6 is 0 Å². The molecule has 1 aromatic heterocycles. The molecule has 184 valence electrons. The van der Waals surface area contributed by atoms with Gasteiger partial charge in [0.2, 0.25) is 5.91 Å². The summed E-state index contributed by atoms with van der Waals surface area (Å²) in [7, 11) is 1.79. The standard InChI is InChI=1S/C26H37N5O3/c1-4-31(19(2)32)14-8-13-28-25-16-24(20-9-5-6-10-20)29-26(30-25)21-11-7-12-23(15-21)34-18-22(33)17-27-3/h7,9,11-12,15-16,22,27,33H,4-6,8,10,13-14,17-18H2,1-3H3,(H,28,29,30). The normalized spacial score (nSPS) is 13.9. The Morgan fingerprint density at radius 2 is 2.15 bits per heavy atom. The minimum Gasteiger partial charge on any atom is -0.491 e. The van der Waals surface area contributed by atoms with E-state index in [1.807, 2.05) is 42.2 Å². The Bertz CT molecular complexity index is 979. The number of aliphatic hydroxyl groups excluding tert-OH is 1. The Morgan fingerprint density at radius 3 is 2.85 bits per heavy atom. The number of carbonyl (C=O) groups excluding carboxylic acids is 1. The molecule has 0 saturated heterocycles. The van der Waals surface area contributed by atoms with Crippen molar-refractivity contribution in [1.29, 1.82) is 0 Å². The van der Waals surface area contributed by atoms with E-state index in [1.165, 1.54) is 5.57 Å². The fourth-order valence-corrected chi connectivity index (χ4v) is 3.97. The number of aliphatic hydroxyl groups is 1. The molecule has 0 fully saturated rings. The number of nitrogens with one attached hydrogen (secondary N) is 2. The minimum atomic E-state index is -0.579. The Hall–Kier alpha value is -2.97. The van der Waals surface area contributed by atoms with E-state index in [-0.39, 0.29) is 12.5 Å². The first-order valence-corrected chi connectivity index (χ1v) is 12.1. The number of rotatable bonds is 13. The van der Waals surface area contributed by atoms with Crippen molar-refractivity contribution < 1.29 is 14.6 Å². The van der Waals surface area contributed by atoms with Gasteiger partial charge in [-0.05, 0) is 57.4 Å². The monoisotopic (exact) mass is 467 g/mol. The van der Waals surface area contributed by atoms with Gasteiger partial charge in [0.1, 0.15) is 24.3 Å². The molecule has 0 saturated carbocycles. The van der Waals surface area contributed by atoms with Gasteiger partial charge in [-0.1, -0.05) is 18.2 Å². The van der Waals surface area contributed by atoms with Crippen LogP contribution in [0.15, 0.2) is 36.4 Å². The van der Waals surface area contributed by atoms with Gasteiger partial charge in [-0.3, -0.25) is 4.79 Å². The summed E-state index contributed by atoms with van der Waals surface area (Å²) in [5.41, 5.74) is 3.06. The molecular formula is C26H37N5O3. The third-order valence-electron chi connectivity index (χ3n) is 5.81. The molecule has 3 N–H and O–H groups in total. The average molecular weight is 468 g/mol. The molecule has 1 aliphatic rings. The molecule has 8 heteroatoms. The Morgan fingerprint density at radius 1 is 1.29 bits per heavy atom. The van der Waals surface area contributed by atoms with Crippen molar-refractivity contribution in [2.75, 3.05) is 45.2 Å². The summed E-state index contributed by atoms with van der Waals surface area (Å²) in [5.74, 6) is 2.17. The second kappa shape index (κ2) is 13.1. The predicted octanol–water partition coefficient (Wildman–Crippen LogP) is 3.34. The van der Waals surface area contributed by atoms with Gasteiger partial charge in [-0.25, -0.2) is 9.97 Å². The highest BCUT2D eigenvalue weighted by Gasteiger charge is 2.14. The number of nitrogens with zero attached hydrogens (tertiary/aromatic N) is 3. The summed E-state index contributed by atoms with van der Waals surface area (Å²) >= 11 is 0. The van der Waals surface area contributed by atoms with Crippen molar-refractivity contribution in [3.63, 3.8) is 0 Å². The van der Waals surface area contributed by atoms with E-state index in [0.29, 0.717) is 31.2 Å². The molecular weight excluding hydrogens is 430 g/mol. The van der Waals surface area contributed by atoms with Crippen molar-refractivity contribution in [3.8, 4) is 17.1 Å². The van der Waals surface area contributed by atoms with Crippen molar-refractivity contribution >= 4 is 17.3 Å². The highest BCUT2D eigenvalue weighted by atomic mass is 16.5. The lowest BCUT2D eigenvalue weighted by molar-refractivity contribution is -0.128. The van der Waals surface area contributed by atoms with Crippen molar-refractivity contribution in [2.45, 2.75) is 45.6 Å². The molecule has 8 nitrogen and oxygen atoms in total. The summed E-state index contributed by atoms with van der Waals surface area (Å²) in [6.45, 7) is 6.42. The first kappa shape index (κ1) is 25.6. The van der Waals surface area contributed by atoms with Crippen LogP contribution in [-0.2, 0) is 4.79 Å². The van der Waals surface area contributed by atoms with Gasteiger partial charge in [0, 0.05) is 44.7 Å². The van der Waals surface area contributed by atoms with Gasteiger partial charge in [0.05, 0.1) is 5.69 Å². The number of anilines is 1. The zero-order valence-corrected chi connectivity index (χ0v) is 20.5. The zero-order chi connectivity index (χ0) is 24.3. The molecule has 1 atom stereocenters. The van der Waals surface area contributed by atoms with Crippen molar-refractivity contribution in [3.05, 3.63) is 42.1 Å². The summed E-state index contributed by atoms with van der Waals surface area (Å²) in [6.07, 6.45) is 5.76. The fourth-order valence-electron chi connectivity index (χ4n) is 3.97. The van der Waals surface area contributed by atoms with Crippen LogP contribution in [0, 0.1) is 0 Å². The van der Waals surface area contributed by atoms with Gasteiger partial charge in [0.25, 0.3) is 0 Å². The van der Waals surface area contributed by atoms with E-state index < -0.39 is 6.10 Å². The van der Waals surface area contributed by atoms with Crippen LogP contribution in [0.5, 0.6) is 5.75 Å². The molecule has 1 aromatic carbocycles. The Balaban J connectivity index is 1.75. The lowest BCUT2D eigenvalue weighted by Crippen LogP contribution is -2.30. The molecule has 1 heterocycles. The minimum absolute atomic E-state index is 0.0999. The van der Waals surface area contributed by atoms with Crippen LogP contribution in [0.1, 0.15) is 45.2 Å². The van der Waals surface area contributed by atoms with E-state index in [2.05, 4.69) is 16.7 Å². The van der Waals surface area contributed by atoms with Gasteiger partial charge in [-0.2, -0.15) is 0 Å². The summed E-state index contributed by atoms with van der Waals surface area (Å²) < 4.78 is 5.77. The third-order valence-corrected chi connectivity index (χ3v) is 5.81. The number of benzene rings is 1. The van der Waals surface area contributed by atoms with Crippen LogP contribution in [-0.4, -0.2) is 71.8 Å². The number of hydrogen-bond donors (Lipinski definition) is 3. The molecule has 0 radical (unpaired) electrons. The van der Waals surface area contributed by atoms with Crippen LogP contribution in [0.4, 0.5) is 5.82 Å².